The number of benzene rings is 1. The van der Waals surface area contributed by atoms with Crippen LogP contribution in [0.5, 0.6) is 0 Å². The van der Waals surface area contributed by atoms with Crippen LogP contribution in [0.25, 0.3) is 12.2 Å². The average molecular weight is 480 g/mol. The molecule has 1 heterocycles. The summed E-state index contributed by atoms with van der Waals surface area (Å²) in [5.74, 6) is 0.585. The van der Waals surface area contributed by atoms with Gasteiger partial charge in [0.15, 0.2) is 5.42 Å². The van der Waals surface area contributed by atoms with Crippen molar-refractivity contribution in [2.24, 2.45) is 0 Å². The van der Waals surface area contributed by atoms with Crippen LogP contribution in [0.3, 0.4) is 0 Å². The summed E-state index contributed by atoms with van der Waals surface area (Å²) in [5, 5.41) is 4.83. The molecule has 0 amide bonds. The molecule has 0 saturated carbocycles. The van der Waals surface area contributed by atoms with Crippen molar-refractivity contribution in [1.29, 1.82) is 0 Å². The van der Waals surface area contributed by atoms with Gasteiger partial charge in [-0.1, -0.05) is 54.9 Å². The first kappa shape index (κ1) is 21.6. The Bertz CT molecular complexity index is 724. The molecule has 0 bridgehead atoms. The Balaban J connectivity index is 0.00000242. The molecular formula is C20H26NOW-. The number of allylic oxidation sites excluding steroid dienone is 2. The Morgan fingerprint density at radius 3 is 2.43 bits per heavy atom. The number of hydrogen-bond donors (Lipinski definition) is 0. The third-order valence-electron chi connectivity index (χ3n) is 3.57. The van der Waals surface area contributed by atoms with Crippen LogP contribution in [0.2, 0.25) is 0 Å². The van der Waals surface area contributed by atoms with Gasteiger partial charge in [-0.3, -0.25) is 0 Å². The van der Waals surface area contributed by atoms with Crippen molar-refractivity contribution < 1.29 is 25.6 Å². The zero-order valence-corrected chi connectivity index (χ0v) is 17.6. The van der Waals surface area contributed by atoms with Gasteiger partial charge in [-0.2, -0.15) is 0 Å². The Morgan fingerprint density at radius 1 is 1.22 bits per heavy atom. The summed E-state index contributed by atoms with van der Waals surface area (Å²) in [6.07, 6.45) is 8.83. The molecule has 2 aromatic rings. The summed E-state index contributed by atoms with van der Waals surface area (Å²) in [7, 11) is 0. The van der Waals surface area contributed by atoms with Crippen LogP contribution < -0.4 is 10.6 Å². The van der Waals surface area contributed by atoms with Crippen molar-refractivity contribution >= 4 is 12.2 Å². The van der Waals surface area contributed by atoms with E-state index in [0.29, 0.717) is 5.92 Å². The predicted octanol–water partition coefficient (Wildman–Crippen LogP) is 4.02. The van der Waals surface area contributed by atoms with Gasteiger partial charge in [-0.25, -0.2) is 0 Å². The molecule has 1 aromatic heterocycles. The molecule has 124 valence electrons. The minimum absolute atomic E-state index is 0. The number of rotatable bonds is 4. The van der Waals surface area contributed by atoms with E-state index in [4.69, 9.17) is 4.52 Å². The standard InChI is InChI=1S/C19H23NO.CH3.W/c1-5-19-18(13-20-21-19)9-6-15(4)12-16-7-10-17(11-8-16)14(2)3;;/h5-11,13-14H,12H2,1-4H3;1H3;/q;-1;/b15-6+,18-9-,19-5+;;. The molecular weight excluding hydrogens is 454 g/mol. The maximum Gasteiger partial charge on any atom is 0.162 e. The van der Waals surface area contributed by atoms with Crippen molar-refractivity contribution in [3.8, 4) is 0 Å². The van der Waals surface area contributed by atoms with Gasteiger partial charge in [0, 0.05) is 26.3 Å². The van der Waals surface area contributed by atoms with Crippen molar-refractivity contribution in [2.75, 3.05) is 0 Å². The molecule has 23 heavy (non-hydrogen) atoms. The van der Waals surface area contributed by atoms with Crippen LogP contribution in [0.15, 0.2) is 46.6 Å². The Labute approximate surface area is 154 Å². The molecule has 3 heteroatoms. The zero-order chi connectivity index (χ0) is 15.2. The molecule has 2 rings (SSSR count). The molecule has 0 radical (unpaired) electrons. The predicted molar refractivity (Wildman–Crippen MR) is 94.8 cm³/mol. The van der Waals surface area contributed by atoms with Crippen LogP contribution in [0, 0.1) is 7.43 Å². The van der Waals surface area contributed by atoms with Crippen LogP contribution >= 0.6 is 0 Å². The van der Waals surface area contributed by atoms with E-state index >= 15 is 0 Å². The van der Waals surface area contributed by atoms with Crippen molar-refractivity contribution in [3.05, 3.63) is 71.3 Å². The van der Waals surface area contributed by atoms with Gasteiger partial charge in [-0.15, -0.1) is 0 Å². The first-order valence-electron chi connectivity index (χ1n) is 7.43. The van der Waals surface area contributed by atoms with E-state index in [1.165, 1.54) is 16.7 Å². The molecule has 0 unspecified atom stereocenters. The summed E-state index contributed by atoms with van der Waals surface area (Å²) >= 11 is 0. The Morgan fingerprint density at radius 2 is 1.87 bits per heavy atom. The number of aromatic nitrogens is 1. The van der Waals surface area contributed by atoms with Gasteiger partial charge < -0.3 is 11.9 Å². The Hall–Kier alpha value is -1.40. The fraction of sp³-hybridized carbons (Fsp3) is 0.300. The third kappa shape index (κ3) is 6.31. The van der Waals surface area contributed by atoms with Crippen LogP contribution in [0.4, 0.5) is 0 Å². The van der Waals surface area contributed by atoms with E-state index in [9.17, 15) is 0 Å². The minimum Gasteiger partial charge on any atom is -0.358 e. The fourth-order valence-corrected chi connectivity index (χ4v) is 2.23. The maximum absolute atomic E-state index is 5.13. The molecule has 1 aromatic carbocycles. The zero-order valence-electron chi connectivity index (χ0n) is 14.7. The van der Waals surface area contributed by atoms with Gasteiger partial charge in [0.05, 0.1) is 6.20 Å². The summed E-state index contributed by atoms with van der Waals surface area (Å²) < 4.78 is 5.13. The summed E-state index contributed by atoms with van der Waals surface area (Å²) in [6, 6.07) is 8.89. The second kappa shape index (κ2) is 10.4. The van der Waals surface area contributed by atoms with Gasteiger partial charge in [-0.05, 0) is 49.5 Å². The second-order valence-electron chi connectivity index (χ2n) is 5.69. The second-order valence-corrected chi connectivity index (χ2v) is 5.69. The third-order valence-corrected chi connectivity index (χ3v) is 3.57. The molecule has 0 aliphatic carbocycles. The minimum atomic E-state index is 0. The van der Waals surface area contributed by atoms with Crippen molar-refractivity contribution in [3.63, 3.8) is 0 Å². The summed E-state index contributed by atoms with van der Waals surface area (Å²) in [6.45, 7) is 8.53. The topological polar surface area (TPSA) is 26.0 Å². The monoisotopic (exact) mass is 480 g/mol. The van der Waals surface area contributed by atoms with Gasteiger partial charge in [0.2, 0.25) is 0 Å². The molecule has 0 atom stereocenters. The van der Waals surface area contributed by atoms with Crippen LogP contribution in [0.1, 0.15) is 44.7 Å². The first-order valence-corrected chi connectivity index (χ1v) is 7.43. The van der Waals surface area contributed by atoms with Gasteiger partial charge in [0.1, 0.15) is 0 Å². The van der Waals surface area contributed by atoms with E-state index in [1.54, 1.807) is 6.20 Å². The molecule has 0 aliphatic rings. The van der Waals surface area contributed by atoms with E-state index in [1.807, 2.05) is 13.0 Å². The first-order chi connectivity index (χ1) is 10.1. The summed E-state index contributed by atoms with van der Waals surface area (Å²) in [5.41, 5.74) is 4.87. The summed E-state index contributed by atoms with van der Waals surface area (Å²) in [4.78, 5) is 0. The molecule has 0 fully saturated rings. The normalized spacial score (nSPS) is 13.0. The van der Waals surface area contributed by atoms with Gasteiger partial charge >= 0.3 is 0 Å². The van der Waals surface area contributed by atoms with E-state index < -0.39 is 0 Å². The van der Waals surface area contributed by atoms with Crippen molar-refractivity contribution in [1.82, 2.24) is 5.16 Å². The van der Waals surface area contributed by atoms with Crippen LogP contribution in [-0.2, 0) is 27.5 Å². The maximum atomic E-state index is 5.13. The number of hydrogen-bond acceptors (Lipinski definition) is 2. The smallest absolute Gasteiger partial charge is 0.162 e. The Kier molecular flexibility index (Phi) is 9.75. The average Bonchev–Trinajstić information content (AvgIpc) is 2.93. The van der Waals surface area contributed by atoms with E-state index in [2.05, 4.69) is 62.3 Å². The molecule has 0 saturated heterocycles. The largest absolute Gasteiger partial charge is 0.358 e. The van der Waals surface area contributed by atoms with Crippen molar-refractivity contribution in [2.45, 2.75) is 40.0 Å². The van der Waals surface area contributed by atoms with Gasteiger partial charge in [0.25, 0.3) is 0 Å². The van der Waals surface area contributed by atoms with E-state index in [-0.39, 0.29) is 28.5 Å². The molecule has 0 aliphatic heterocycles. The quantitative estimate of drug-likeness (QED) is 0.619. The molecule has 0 N–H and O–H groups in total. The van der Waals surface area contributed by atoms with E-state index in [0.717, 1.165) is 17.1 Å². The van der Waals surface area contributed by atoms with Crippen LogP contribution in [-0.4, -0.2) is 5.16 Å². The SMILES string of the molecule is C/C=c1/onc/c1=C/C=C(\C)Cc1ccc(C(C)C)cc1.[CH3-].[W]. The molecule has 2 nitrogen and oxygen atoms in total. The fourth-order valence-electron chi connectivity index (χ4n) is 2.23. The number of nitrogens with zero attached hydrogens (tertiary/aromatic N) is 1. The molecule has 0 spiro atoms.